The van der Waals surface area contributed by atoms with Crippen LogP contribution in [0.2, 0.25) is 0 Å². The maximum absolute atomic E-state index is 12.6. The summed E-state index contributed by atoms with van der Waals surface area (Å²) < 4.78 is 8.63. The molecule has 2 aromatic carbocycles. The van der Waals surface area contributed by atoms with Crippen molar-refractivity contribution in [1.82, 2.24) is 9.88 Å². The lowest BCUT2D eigenvalue weighted by Crippen LogP contribution is -2.38. The highest BCUT2D eigenvalue weighted by atomic mass is 79.9. The van der Waals surface area contributed by atoms with Gasteiger partial charge in [-0.2, -0.15) is 0 Å². The fraction of sp³-hybridized carbons (Fsp3) is 0.111. The fourth-order valence-corrected chi connectivity index (χ4v) is 4.73. The van der Waals surface area contributed by atoms with Gasteiger partial charge in [0.15, 0.2) is 3.95 Å². The third-order valence-electron chi connectivity index (χ3n) is 4.10. The number of halogens is 1. The van der Waals surface area contributed by atoms with Crippen molar-refractivity contribution < 1.29 is 9.53 Å². The van der Waals surface area contributed by atoms with Crippen LogP contribution in [0.4, 0.5) is 5.82 Å². The Morgan fingerprint density at radius 1 is 1.19 bits per heavy atom. The van der Waals surface area contributed by atoms with E-state index in [1.807, 2.05) is 53.1 Å². The molecule has 3 aromatic rings. The van der Waals surface area contributed by atoms with Crippen LogP contribution in [0.3, 0.4) is 0 Å². The zero-order valence-corrected chi connectivity index (χ0v) is 16.9. The second-order valence-electron chi connectivity index (χ2n) is 5.66. The summed E-state index contributed by atoms with van der Waals surface area (Å²) >= 11 is 10.3. The molecular weight excluding hydrogens is 434 g/mol. The summed E-state index contributed by atoms with van der Waals surface area (Å²) in [6.45, 7) is 0. The first-order valence-electron chi connectivity index (χ1n) is 7.80. The molecule has 0 aliphatic carbocycles. The molecule has 1 amide bonds. The Bertz CT molecular complexity index is 1050. The van der Waals surface area contributed by atoms with Crippen molar-refractivity contribution in [2.45, 2.75) is 6.17 Å². The number of carbonyl (C=O) groups excluding carboxylic acids is 1. The van der Waals surface area contributed by atoms with E-state index >= 15 is 0 Å². The first-order chi connectivity index (χ1) is 12.6. The predicted octanol–water partition coefficient (Wildman–Crippen LogP) is 4.89. The maximum Gasteiger partial charge on any atom is 0.267 e. The van der Waals surface area contributed by atoms with Gasteiger partial charge in [-0.05, 0) is 58.0 Å². The molecule has 1 aromatic heterocycles. The van der Waals surface area contributed by atoms with Crippen molar-refractivity contribution in [3.63, 3.8) is 0 Å². The van der Waals surface area contributed by atoms with Gasteiger partial charge in [0.1, 0.15) is 22.6 Å². The van der Waals surface area contributed by atoms with Gasteiger partial charge in [0, 0.05) is 5.69 Å². The zero-order chi connectivity index (χ0) is 18.3. The monoisotopic (exact) mass is 447 g/mol. The standard InChI is InChI=1S/C18H14BrN3O2S2/c1-24-13-8-7-10(9-12(13)19)15-20-16-14(17(23)21-15)26-18(25)22(16)11-5-3-2-4-6-11/h2-9,15,20H,1H3,(H,21,23)/t15-/m0/s1. The summed E-state index contributed by atoms with van der Waals surface area (Å²) in [6, 6.07) is 15.5. The van der Waals surface area contributed by atoms with E-state index in [1.54, 1.807) is 7.11 Å². The summed E-state index contributed by atoms with van der Waals surface area (Å²) in [4.78, 5) is 13.2. The Morgan fingerprint density at radius 2 is 1.96 bits per heavy atom. The average Bonchev–Trinajstić information content (AvgIpc) is 2.99. The Labute approximate surface area is 167 Å². The molecule has 0 saturated heterocycles. The van der Waals surface area contributed by atoms with Crippen molar-refractivity contribution in [2.24, 2.45) is 0 Å². The van der Waals surface area contributed by atoms with Crippen LogP contribution in [0.1, 0.15) is 21.4 Å². The largest absolute Gasteiger partial charge is 0.496 e. The molecule has 0 fully saturated rings. The van der Waals surface area contributed by atoms with E-state index in [-0.39, 0.29) is 12.1 Å². The van der Waals surface area contributed by atoms with Crippen molar-refractivity contribution in [3.8, 4) is 11.4 Å². The van der Waals surface area contributed by atoms with Crippen molar-refractivity contribution in [3.05, 3.63) is 67.4 Å². The number of aromatic nitrogens is 1. The van der Waals surface area contributed by atoms with E-state index < -0.39 is 0 Å². The Hall–Kier alpha value is -2.16. The summed E-state index contributed by atoms with van der Waals surface area (Å²) in [7, 11) is 1.62. The van der Waals surface area contributed by atoms with Crippen LogP contribution >= 0.6 is 39.5 Å². The lowest BCUT2D eigenvalue weighted by Gasteiger charge is -2.27. The van der Waals surface area contributed by atoms with Gasteiger partial charge in [-0.25, -0.2) is 0 Å². The maximum atomic E-state index is 12.6. The number of methoxy groups -OCH3 is 1. The lowest BCUT2D eigenvalue weighted by molar-refractivity contribution is 0.0939. The van der Waals surface area contributed by atoms with Gasteiger partial charge in [-0.15, -0.1) is 0 Å². The highest BCUT2D eigenvalue weighted by molar-refractivity contribution is 9.10. The van der Waals surface area contributed by atoms with Gasteiger partial charge in [-0.3, -0.25) is 9.36 Å². The number of benzene rings is 2. The van der Waals surface area contributed by atoms with E-state index in [9.17, 15) is 4.79 Å². The Balaban J connectivity index is 1.78. The number of nitrogens with zero attached hydrogens (tertiary/aromatic N) is 1. The Morgan fingerprint density at radius 3 is 2.65 bits per heavy atom. The van der Waals surface area contributed by atoms with Crippen LogP contribution in [0, 0.1) is 3.95 Å². The van der Waals surface area contributed by atoms with Gasteiger partial charge in [0.05, 0.1) is 11.6 Å². The number of nitrogens with one attached hydrogen (secondary N) is 2. The van der Waals surface area contributed by atoms with Crippen LogP contribution in [0.15, 0.2) is 53.0 Å². The van der Waals surface area contributed by atoms with Gasteiger partial charge >= 0.3 is 0 Å². The van der Waals surface area contributed by atoms with Gasteiger partial charge in [0.2, 0.25) is 0 Å². The highest BCUT2D eigenvalue weighted by Crippen LogP contribution is 2.35. The van der Waals surface area contributed by atoms with Gasteiger partial charge in [0.25, 0.3) is 5.91 Å². The van der Waals surface area contributed by atoms with Crippen molar-refractivity contribution >= 4 is 51.2 Å². The molecule has 0 unspecified atom stereocenters. The molecule has 2 N–H and O–H groups in total. The number of fused-ring (bicyclic) bond motifs is 1. The average molecular weight is 448 g/mol. The molecular formula is C18H14BrN3O2S2. The number of thiazole rings is 1. The van der Waals surface area contributed by atoms with Gasteiger partial charge in [-0.1, -0.05) is 35.6 Å². The minimum absolute atomic E-state index is 0.138. The normalized spacial score (nSPS) is 15.8. The number of ether oxygens (including phenoxy) is 1. The number of hydrogen-bond acceptors (Lipinski definition) is 5. The Kier molecular flexibility index (Phi) is 4.56. The predicted molar refractivity (Wildman–Crippen MR) is 109 cm³/mol. The second kappa shape index (κ2) is 6.86. The molecule has 0 saturated carbocycles. The van der Waals surface area contributed by atoms with E-state index in [2.05, 4.69) is 26.6 Å². The summed E-state index contributed by atoms with van der Waals surface area (Å²) in [5, 5.41) is 6.39. The topological polar surface area (TPSA) is 55.3 Å². The van der Waals surface area contributed by atoms with Crippen molar-refractivity contribution in [2.75, 3.05) is 12.4 Å². The molecule has 2 heterocycles. The number of para-hydroxylation sites is 1. The number of amides is 1. The van der Waals surface area contributed by atoms with Crippen molar-refractivity contribution in [1.29, 1.82) is 0 Å². The lowest BCUT2D eigenvalue weighted by atomic mass is 10.1. The van der Waals surface area contributed by atoms with Crippen LogP contribution < -0.4 is 15.4 Å². The molecule has 1 atom stereocenters. The second-order valence-corrected chi connectivity index (χ2v) is 8.16. The van der Waals surface area contributed by atoms with E-state index in [0.717, 1.165) is 21.5 Å². The zero-order valence-electron chi connectivity index (χ0n) is 13.7. The van der Waals surface area contributed by atoms with E-state index in [4.69, 9.17) is 17.0 Å². The third kappa shape index (κ3) is 2.94. The molecule has 1 aliphatic heterocycles. The molecule has 4 rings (SSSR count). The van der Waals surface area contributed by atoms with E-state index in [0.29, 0.717) is 14.6 Å². The molecule has 26 heavy (non-hydrogen) atoms. The van der Waals surface area contributed by atoms with Crippen LogP contribution in [-0.2, 0) is 0 Å². The summed E-state index contributed by atoms with van der Waals surface area (Å²) in [6.07, 6.45) is -0.365. The molecule has 0 bridgehead atoms. The van der Waals surface area contributed by atoms with Crippen LogP contribution in [0.5, 0.6) is 5.75 Å². The summed E-state index contributed by atoms with van der Waals surface area (Å²) in [5.41, 5.74) is 1.83. The summed E-state index contributed by atoms with van der Waals surface area (Å²) in [5.74, 6) is 1.31. The number of carbonyl (C=O) groups is 1. The minimum atomic E-state index is -0.365. The molecule has 5 nitrogen and oxygen atoms in total. The molecule has 132 valence electrons. The first-order valence-corrected chi connectivity index (χ1v) is 9.82. The SMILES string of the molecule is COc1ccc([C@@H]2NC(=O)c3sc(=S)n(-c4ccccc4)c3N2)cc1Br. The first kappa shape index (κ1) is 17.3. The number of hydrogen-bond donors (Lipinski definition) is 2. The molecule has 1 aliphatic rings. The number of rotatable bonds is 3. The third-order valence-corrected chi connectivity index (χ3v) is 6.09. The molecule has 0 spiro atoms. The fourth-order valence-electron chi connectivity index (χ4n) is 2.87. The molecule has 0 radical (unpaired) electrons. The quantitative estimate of drug-likeness (QED) is 0.560. The highest BCUT2D eigenvalue weighted by Gasteiger charge is 2.30. The number of anilines is 1. The van der Waals surface area contributed by atoms with Crippen LogP contribution in [-0.4, -0.2) is 17.6 Å². The van der Waals surface area contributed by atoms with E-state index in [1.165, 1.54) is 11.3 Å². The van der Waals surface area contributed by atoms with Gasteiger partial charge < -0.3 is 15.4 Å². The molecule has 8 heteroatoms. The minimum Gasteiger partial charge on any atom is -0.496 e. The van der Waals surface area contributed by atoms with Crippen LogP contribution in [0.25, 0.3) is 5.69 Å². The smallest absolute Gasteiger partial charge is 0.267 e.